The number of allylic oxidation sites excluding steroid dienone is 2. The molecule has 0 saturated carbocycles. The van der Waals surface area contributed by atoms with E-state index in [2.05, 4.69) is 16.3 Å². The van der Waals surface area contributed by atoms with Gasteiger partial charge in [-0.1, -0.05) is 38.1 Å². The summed E-state index contributed by atoms with van der Waals surface area (Å²) in [4.78, 5) is 43.2. The van der Waals surface area contributed by atoms with E-state index in [-0.39, 0.29) is 35.5 Å². The van der Waals surface area contributed by atoms with E-state index < -0.39 is 6.04 Å². The highest BCUT2D eigenvalue weighted by Gasteiger charge is 2.51. The Morgan fingerprint density at radius 2 is 1.75 bits per heavy atom. The molecule has 172 valence electrons. The predicted octanol–water partition coefficient (Wildman–Crippen LogP) is 3.54. The van der Waals surface area contributed by atoms with Crippen LogP contribution in [0.2, 0.25) is 0 Å². The van der Waals surface area contributed by atoms with E-state index in [0.717, 1.165) is 36.7 Å². The fourth-order valence-electron chi connectivity index (χ4n) is 4.90. The van der Waals surface area contributed by atoms with Crippen molar-refractivity contribution in [3.63, 3.8) is 0 Å². The van der Waals surface area contributed by atoms with Crippen LogP contribution in [0.3, 0.4) is 0 Å². The van der Waals surface area contributed by atoms with E-state index in [1.807, 2.05) is 56.0 Å². The highest BCUT2D eigenvalue weighted by molar-refractivity contribution is 7.99. The number of imide groups is 1. The molecule has 3 atom stereocenters. The summed E-state index contributed by atoms with van der Waals surface area (Å²) >= 11 is 1.99. The van der Waals surface area contributed by atoms with Gasteiger partial charge in [-0.05, 0) is 42.9 Å². The molecular formula is C25H33N3O3S. The van der Waals surface area contributed by atoms with Gasteiger partial charge < -0.3 is 5.32 Å². The number of amides is 3. The summed E-state index contributed by atoms with van der Waals surface area (Å²) in [7, 11) is 0. The first kappa shape index (κ1) is 23.1. The normalized spacial score (nSPS) is 24.7. The molecule has 0 bridgehead atoms. The number of benzene rings is 1. The van der Waals surface area contributed by atoms with Crippen LogP contribution in [-0.2, 0) is 20.9 Å². The van der Waals surface area contributed by atoms with E-state index in [0.29, 0.717) is 24.9 Å². The molecule has 0 spiro atoms. The van der Waals surface area contributed by atoms with Crippen LogP contribution in [0.15, 0.2) is 36.4 Å². The number of hydrogen-bond donors (Lipinski definition) is 1. The molecule has 1 aromatic rings. The Morgan fingerprint density at radius 1 is 1.09 bits per heavy atom. The van der Waals surface area contributed by atoms with Gasteiger partial charge in [0.25, 0.3) is 0 Å². The molecule has 2 aliphatic heterocycles. The number of hydrogen-bond acceptors (Lipinski definition) is 5. The molecule has 3 aliphatic rings. The fraction of sp³-hybridized carbons (Fsp3) is 0.560. The van der Waals surface area contributed by atoms with Crippen LogP contribution in [0.1, 0.15) is 38.7 Å². The molecule has 6 nitrogen and oxygen atoms in total. The number of nitrogens with zero attached hydrogens (tertiary/aromatic N) is 2. The van der Waals surface area contributed by atoms with Crippen molar-refractivity contribution in [3.8, 4) is 0 Å². The Labute approximate surface area is 194 Å². The fourth-order valence-corrected chi connectivity index (χ4v) is 5.88. The lowest BCUT2D eigenvalue weighted by Crippen LogP contribution is -2.48. The van der Waals surface area contributed by atoms with Gasteiger partial charge in [-0.15, -0.1) is 0 Å². The third-order valence-corrected chi connectivity index (χ3v) is 7.50. The van der Waals surface area contributed by atoms with Crippen molar-refractivity contribution in [1.29, 1.82) is 0 Å². The average Bonchev–Trinajstić information content (AvgIpc) is 3.03. The van der Waals surface area contributed by atoms with Crippen molar-refractivity contribution < 1.29 is 14.4 Å². The predicted molar refractivity (Wildman–Crippen MR) is 128 cm³/mol. The Bertz CT molecular complexity index is 868. The number of carbonyl (C=O) groups is 3. The van der Waals surface area contributed by atoms with Crippen molar-refractivity contribution in [1.82, 2.24) is 9.80 Å². The monoisotopic (exact) mass is 455 g/mol. The van der Waals surface area contributed by atoms with Gasteiger partial charge in [0, 0.05) is 36.8 Å². The molecule has 2 fully saturated rings. The molecule has 2 saturated heterocycles. The van der Waals surface area contributed by atoms with Gasteiger partial charge in [0.15, 0.2) is 0 Å². The van der Waals surface area contributed by atoms with Crippen molar-refractivity contribution in [3.05, 3.63) is 42.0 Å². The van der Waals surface area contributed by atoms with Gasteiger partial charge in [-0.3, -0.25) is 24.2 Å². The average molecular weight is 456 g/mol. The maximum absolute atomic E-state index is 13.3. The first-order valence-electron chi connectivity index (χ1n) is 11.7. The minimum absolute atomic E-state index is 0.176. The zero-order chi connectivity index (χ0) is 22.7. The molecule has 4 rings (SSSR count). The largest absolute Gasteiger partial charge is 0.324 e. The highest BCUT2D eigenvalue weighted by Crippen LogP contribution is 2.37. The number of rotatable bonds is 7. The summed E-state index contributed by atoms with van der Waals surface area (Å²) in [5.74, 6) is 1.19. The second-order valence-corrected chi connectivity index (χ2v) is 10.7. The first-order valence-corrected chi connectivity index (χ1v) is 12.8. The summed E-state index contributed by atoms with van der Waals surface area (Å²) in [6.07, 6.45) is 5.57. The lowest BCUT2D eigenvalue weighted by atomic mass is 9.85. The SMILES string of the molecule is CC(C)CC(C(=O)Nc1cccc(CN2CCSCC2)c1)N1C(=O)C2CC=CCC2C1=O. The maximum Gasteiger partial charge on any atom is 0.247 e. The summed E-state index contributed by atoms with van der Waals surface area (Å²) in [6.45, 7) is 7.04. The molecule has 0 aromatic heterocycles. The van der Waals surface area contributed by atoms with Crippen molar-refractivity contribution in [2.24, 2.45) is 17.8 Å². The number of nitrogens with one attached hydrogen (secondary N) is 1. The zero-order valence-corrected chi connectivity index (χ0v) is 19.8. The van der Waals surface area contributed by atoms with Gasteiger partial charge in [-0.2, -0.15) is 11.8 Å². The second-order valence-electron chi connectivity index (χ2n) is 9.43. The molecule has 2 heterocycles. The third kappa shape index (κ3) is 5.09. The third-order valence-electron chi connectivity index (χ3n) is 6.56. The smallest absolute Gasteiger partial charge is 0.247 e. The molecule has 1 aromatic carbocycles. The van der Waals surface area contributed by atoms with E-state index in [1.54, 1.807) is 0 Å². The van der Waals surface area contributed by atoms with Crippen LogP contribution < -0.4 is 5.32 Å². The summed E-state index contributed by atoms with van der Waals surface area (Å²) < 4.78 is 0. The lowest BCUT2D eigenvalue weighted by Gasteiger charge is -2.28. The molecule has 1 N–H and O–H groups in total. The molecule has 3 unspecified atom stereocenters. The van der Waals surface area contributed by atoms with Gasteiger partial charge in [-0.25, -0.2) is 0 Å². The van der Waals surface area contributed by atoms with Crippen molar-refractivity contribution in [2.75, 3.05) is 29.9 Å². The van der Waals surface area contributed by atoms with Gasteiger partial charge in [0.2, 0.25) is 17.7 Å². The van der Waals surface area contributed by atoms with E-state index >= 15 is 0 Å². The van der Waals surface area contributed by atoms with E-state index in [1.165, 1.54) is 4.90 Å². The molecule has 7 heteroatoms. The highest BCUT2D eigenvalue weighted by atomic mass is 32.2. The van der Waals surface area contributed by atoms with E-state index in [9.17, 15) is 14.4 Å². The number of thioether (sulfide) groups is 1. The lowest BCUT2D eigenvalue weighted by molar-refractivity contribution is -0.147. The minimum atomic E-state index is -0.775. The van der Waals surface area contributed by atoms with Crippen LogP contribution >= 0.6 is 11.8 Å². The summed E-state index contributed by atoms with van der Waals surface area (Å²) in [6, 6.07) is 7.13. The van der Waals surface area contributed by atoms with E-state index in [4.69, 9.17) is 0 Å². The topological polar surface area (TPSA) is 69.7 Å². The zero-order valence-electron chi connectivity index (χ0n) is 19.0. The Morgan fingerprint density at radius 3 is 2.38 bits per heavy atom. The van der Waals surface area contributed by atoms with Crippen LogP contribution in [0.25, 0.3) is 0 Å². The van der Waals surface area contributed by atoms with Gasteiger partial charge in [0.1, 0.15) is 6.04 Å². The minimum Gasteiger partial charge on any atom is -0.324 e. The van der Waals surface area contributed by atoms with Gasteiger partial charge >= 0.3 is 0 Å². The quantitative estimate of drug-likeness (QED) is 0.503. The summed E-state index contributed by atoms with van der Waals surface area (Å²) in [5.41, 5.74) is 1.87. The number of carbonyl (C=O) groups excluding carboxylic acids is 3. The van der Waals surface area contributed by atoms with Crippen LogP contribution in [0.5, 0.6) is 0 Å². The number of fused-ring (bicyclic) bond motifs is 1. The molecule has 1 aliphatic carbocycles. The standard InChI is InChI=1S/C25H33N3O3S/c1-17(2)14-22(28-24(30)20-8-3-4-9-21(20)25(28)31)23(29)26-19-7-5-6-18(15-19)16-27-10-12-32-13-11-27/h3-7,15,17,20-22H,8-14,16H2,1-2H3,(H,26,29). The Balaban J connectivity index is 1.48. The first-order chi connectivity index (χ1) is 15.4. The van der Waals surface area contributed by atoms with Crippen LogP contribution in [-0.4, -0.2) is 58.2 Å². The Kier molecular flexibility index (Phi) is 7.36. The van der Waals surface area contributed by atoms with Crippen LogP contribution in [0, 0.1) is 17.8 Å². The summed E-state index contributed by atoms with van der Waals surface area (Å²) in [5, 5.41) is 3.00. The Hall–Kier alpha value is -2.12. The molecule has 0 radical (unpaired) electrons. The van der Waals surface area contributed by atoms with Gasteiger partial charge in [0.05, 0.1) is 11.8 Å². The van der Waals surface area contributed by atoms with Crippen molar-refractivity contribution >= 4 is 35.2 Å². The maximum atomic E-state index is 13.3. The molecule has 3 amide bonds. The second kappa shape index (κ2) is 10.2. The molecule has 32 heavy (non-hydrogen) atoms. The van der Waals surface area contributed by atoms with Crippen LogP contribution in [0.4, 0.5) is 5.69 Å². The molecular weight excluding hydrogens is 422 g/mol. The van der Waals surface area contributed by atoms with Crippen molar-refractivity contribution in [2.45, 2.75) is 45.7 Å². The number of anilines is 1. The number of likely N-dealkylation sites (tertiary alicyclic amines) is 1.